The fourth-order valence-electron chi connectivity index (χ4n) is 1.03. The molecule has 3 heteroatoms. The average molecular weight is 238 g/mol. The molecule has 3 nitrogen and oxygen atoms in total. The lowest BCUT2D eigenvalue weighted by molar-refractivity contribution is -0.140. The van der Waals surface area contributed by atoms with Gasteiger partial charge in [-0.05, 0) is 26.2 Å². The van der Waals surface area contributed by atoms with Crippen LogP contribution >= 0.6 is 0 Å². The first kappa shape index (κ1) is 15.7. The molecule has 0 amide bonds. The van der Waals surface area contributed by atoms with Crippen molar-refractivity contribution in [3.05, 3.63) is 37.0 Å². The van der Waals surface area contributed by atoms with Crippen molar-refractivity contribution < 1.29 is 14.3 Å². The molecule has 0 saturated carbocycles. The quantitative estimate of drug-likeness (QED) is 0.254. The van der Waals surface area contributed by atoms with Crippen LogP contribution in [0.3, 0.4) is 0 Å². The first-order chi connectivity index (χ1) is 8.18. The Morgan fingerprint density at radius 2 is 2.00 bits per heavy atom. The Balaban J connectivity index is 3.26. The maximum Gasteiger partial charge on any atom is 0.333 e. The van der Waals surface area contributed by atoms with Gasteiger partial charge in [0.1, 0.15) is 6.61 Å². The first-order valence-corrected chi connectivity index (χ1v) is 5.84. The van der Waals surface area contributed by atoms with Gasteiger partial charge in [-0.15, -0.1) is 6.58 Å². The van der Waals surface area contributed by atoms with Crippen molar-refractivity contribution in [1.82, 2.24) is 0 Å². The third kappa shape index (κ3) is 10.9. The monoisotopic (exact) mass is 238 g/mol. The second-order valence-electron chi connectivity index (χ2n) is 3.68. The van der Waals surface area contributed by atoms with E-state index >= 15 is 0 Å². The molecule has 0 aliphatic heterocycles. The molecule has 0 bridgehead atoms. The van der Waals surface area contributed by atoms with Crippen LogP contribution in [0.2, 0.25) is 0 Å². The van der Waals surface area contributed by atoms with Crippen molar-refractivity contribution in [3.63, 3.8) is 0 Å². The summed E-state index contributed by atoms with van der Waals surface area (Å²) in [6.07, 6.45) is 9.19. The standard InChI is InChI=1S/C14H22O3/c1-4-5-6-7-8-9-10-16-11-12-17-14(15)13(2)3/h4,8-9H,1-2,5-7,10-12H2,3H3/b9-8-. The Morgan fingerprint density at radius 3 is 2.65 bits per heavy atom. The van der Waals surface area contributed by atoms with Gasteiger partial charge in [-0.3, -0.25) is 0 Å². The van der Waals surface area contributed by atoms with Crippen molar-refractivity contribution in [2.24, 2.45) is 0 Å². The first-order valence-electron chi connectivity index (χ1n) is 5.84. The molecule has 0 atom stereocenters. The maximum atomic E-state index is 11.0. The number of unbranched alkanes of at least 4 members (excludes halogenated alkanes) is 2. The molecule has 0 spiro atoms. The molecule has 0 saturated heterocycles. The Morgan fingerprint density at radius 1 is 1.24 bits per heavy atom. The van der Waals surface area contributed by atoms with Gasteiger partial charge < -0.3 is 9.47 Å². The SMILES string of the molecule is C=CCCC/C=C\COCCOC(=O)C(=C)C. The Bertz CT molecular complexity index is 267. The van der Waals surface area contributed by atoms with Crippen molar-refractivity contribution in [3.8, 4) is 0 Å². The smallest absolute Gasteiger partial charge is 0.333 e. The second kappa shape index (κ2) is 11.1. The summed E-state index contributed by atoms with van der Waals surface area (Å²) < 4.78 is 10.1. The summed E-state index contributed by atoms with van der Waals surface area (Å²) in [7, 11) is 0. The summed E-state index contributed by atoms with van der Waals surface area (Å²) in [6, 6.07) is 0. The lowest BCUT2D eigenvalue weighted by Gasteiger charge is -2.03. The molecule has 0 unspecified atom stereocenters. The average Bonchev–Trinajstić information content (AvgIpc) is 2.31. The predicted octanol–water partition coefficient (Wildman–Crippen LogP) is 3.03. The zero-order valence-corrected chi connectivity index (χ0v) is 10.6. The van der Waals surface area contributed by atoms with Crippen LogP contribution in [-0.4, -0.2) is 25.8 Å². The lowest BCUT2D eigenvalue weighted by Crippen LogP contribution is -2.10. The summed E-state index contributed by atoms with van der Waals surface area (Å²) in [5, 5.41) is 0. The molecule has 0 aliphatic carbocycles. The summed E-state index contributed by atoms with van der Waals surface area (Å²) in [6.45, 7) is 10.0. The molecule has 0 radical (unpaired) electrons. The third-order valence-corrected chi connectivity index (χ3v) is 1.97. The summed E-state index contributed by atoms with van der Waals surface area (Å²) >= 11 is 0. The number of hydrogen-bond acceptors (Lipinski definition) is 3. The van der Waals surface area contributed by atoms with Gasteiger partial charge in [0, 0.05) is 5.57 Å². The van der Waals surface area contributed by atoms with Crippen molar-refractivity contribution in [1.29, 1.82) is 0 Å². The topological polar surface area (TPSA) is 35.5 Å². The van der Waals surface area contributed by atoms with E-state index in [1.165, 1.54) is 0 Å². The zero-order valence-electron chi connectivity index (χ0n) is 10.6. The fraction of sp³-hybridized carbons (Fsp3) is 0.500. The minimum atomic E-state index is -0.367. The van der Waals surface area contributed by atoms with E-state index in [-0.39, 0.29) is 12.6 Å². The fourth-order valence-corrected chi connectivity index (χ4v) is 1.03. The second-order valence-corrected chi connectivity index (χ2v) is 3.68. The van der Waals surface area contributed by atoms with Gasteiger partial charge in [-0.2, -0.15) is 0 Å². The highest BCUT2D eigenvalue weighted by Gasteiger charge is 2.01. The lowest BCUT2D eigenvalue weighted by atomic mass is 10.2. The van der Waals surface area contributed by atoms with Gasteiger partial charge in [0.2, 0.25) is 0 Å². The minimum Gasteiger partial charge on any atom is -0.460 e. The summed E-state index contributed by atoms with van der Waals surface area (Å²) in [5.74, 6) is -0.367. The Hall–Kier alpha value is -1.35. The molecular weight excluding hydrogens is 216 g/mol. The van der Waals surface area contributed by atoms with E-state index < -0.39 is 0 Å². The van der Waals surface area contributed by atoms with Gasteiger partial charge >= 0.3 is 5.97 Å². The van der Waals surface area contributed by atoms with E-state index in [1.807, 2.05) is 12.2 Å². The summed E-state index contributed by atoms with van der Waals surface area (Å²) in [4.78, 5) is 11.0. The highest BCUT2D eigenvalue weighted by molar-refractivity contribution is 5.86. The Kier molecular flexibility index (Phi) is 10.3. The molecule has 0 aromatic heterocycles. The Labute approximate surface area is 104 Å². The number of carbonyl (C=O) groups excluding carboxylic acids is 1. The van der Waals surface area contributed by atoms with E-state index in [1.54, 1.807) is 6.92 Å². The molecule has 0 aliphatic rings. The van der Waals surface area contributed by atoms with Crippen LogP contribution in [0.1, 0.15) is 26.2 Å². The normalized spacial score (nSPS) is 10.4. The number of esters is 1. The molecule has 0 heterocycles. The number of ether oxygens (including phenoxy) is 2. The summed E-state index contributed by atoms with van der Waals surface area (Å²) in [5.41, 5.74) is 0.409. The largest absolute Gasteiger partial charge is 0.460 e. The third-order valence-electron chi connectivity index (χ3n) is 1.97. The van der Waals surface area contributed by atoms with E-state index in [0.29, 0.717) is 18.8 Å². The van der Waals surface area contributed by atoms with Gasteiger partial charge in [0.05, 0.1) is 13.2 Å². The van der Waals surface area contributed by atoms with Crippen LogP contribution in [0.25, 0.3) is 0 Å². The van der Waals surface area contributed by atoms with Gasteiger partial charge in [-0.1, -0.05) is 24.8 Å². The highest BCUT2D eigenvalue weighted by atomic mass is 16.6. The van der Waals surface area contributed by atoms with Crippen LogP contribution in [0.15, 0.2) is 37.0 Å². The molecule has 0 rings (SSSR count). The number of allylic oxidation sites excluding steroid dienone is 2. The van der Waals surface area contributed by atoms with Crippen LogP contribution in [0.5, 0.6) is 0 Å². The molecule has 0 fully saturated rings. The van der Waals surface area contributed by atoms with Gasteiger partial charge in [-0.25, -0.2) is 4.79 Å². The maximum absolute atomic E-state index is 11.0. The molecule has 17 heavy (non-hydrogen) atoms. The molecule has 96 valence electrons. The van der Waals surface area contributed by atoms with Crippen molar-refractivity contribution >= 4 is 5.97 Å². The van der Waals surface area contributed by atoms with Gasteiger partial charge in [0.25, 0.3) is 0 Å². The zero-order chi connectivity index (χ0) is 12.9. The molecule has 0 aromatic rings. The van der Waals surface area contributed by atoms with E-state index in [9.17, 15) is 4.79 Å². The number of carbonyl (C=O) groups is 1. The highest BCUT2D eigenvalue weighted by Crippen LogP contribution is 1.96. The molecular formula is C14H22O3. The van der Waals surface area contributed by atoms with Crippen molar-refractivity contribution in [2.45, 2.75) is 26.2 Å². The van der Waals surface area contributed by atoms with E-state index in [0.717, 1.165) is 19.3 Å². The number of hydrogen-bond donors (Lipinski definition) is 0. The van der Waals surface area contributed by atoms with Crippen LogP contribution in [-0.2, 0) is 14.3 Å². The van der Waals surface area contributed by atoms with Crippen LogP contribution in [0, 0.1) is 0 Å². The van der Waals surface area contributed by atoms with Crippen LogP contribution in [0.4, 0.5) is 0 Å². The van der Waals surface area contributed by atoms with E-state index in [2.05, 4.69) is 19.2 Å². The van der Waals surface area contributed by atoms with Crippen LogP contribution < -0.4 is 0 Å². The van der Waals surface area contributed by atoms with Gasteiger partial charge in [0.15, 0.2) is 0 Å². The molecule has 0 aromatic carbocycles. The van der Waals surface area contributed by atoms with E-state index in [4.69, 9.17) is 9.47 Å². The number of rotatable bonds is 10. The predicted molar refractivity (Wildman–Crippen MR) is 69.8 cm³/mol. The van der Waals surface area contributed by atoms with Crippen molar-refractivity contribution in [2.75, 3.05) is 19.8 Å². The molecule has 0 N–H and O–H groups in total. The minimum absolute atomic E-state index is 0.274.